The maximum atomic E-state index is 6.32. The molecule has 0 bridgehead atoms. The van der Waals surface area contributed by atoms with Gasteiger partial charge in [-0.05, 0) is 36.6 Å². The van der Waals surface area contributed by atoms with Crippen molar-refractivity contribution in [1.82, 2.24) is 0 Å². The maximum absolute atomic E-state index is 6.32. The molecule has 1 nitrogen and oxygen atoms in total. The first kappa shape index (κ1) is 13.8. The molecule has 1 aromatic heterocycles. The van der Waals surface area contributed by atoms with Crippen molar-refractivity contribution in [3.63, 3.8) is 0 Å². The van der Waals surface area contributed by atoms with E-state index in [9.17, 15) is 0 Å². The van der Waals surface area contributed by atoms with E-state index in [-0.39, 0.29) is 6.04 Å². The second kappa shape index (κ2) is 6.00. The number of aryl methyl sites for hydroxylation is 2. The van der Waals surface area contributed by atoms with Crippen molar-refractivity contribution in [1.29, 1.82) is 0 Å². The summed E-state index contributed by atoms with van der Waals surface area (Å²) < 4.78 is 1.14. The van der Waals surface area contributed by atoms with E-state index in [0.717, 1.165) is 17.3 Å². The molecule has 0 spiro atoms. The smallest absolute Gasteiger partial charge is 0.0355 e. The fourth-order valence-electron chi connectivity index (χ4n) is 2.01. The van der Waals surface area contributed by atoms with Gasteiger partial charge in [-0.2, -0.15) is 0 Å². The Balaban J connectivity index is 2.16. The first-order chi connectivity index (χ1) is 8.61. The van der Waals surface area contributed by atoms with Crippen LogP contribution in [0.2, 0.25) is 0 Å². The molecule has 1 atom stereocenters. The lowest BCUT2D eigenvalue weighted by Gasteiger charge is -2.14. The summed E-state index contributed by atoms with van der Waals surface area (Å²) in [5.41, 5.74) is 8.76. The van der Waals surface area contributed by atoms with E-state index < -0.39 is 0 Å². The van der Waals surface area contributed by atoms with Gasteiger partial charge in [0.15, 0.2) is 0 Å². The van der Waals surface area contributed by atoms with Gasteiger partial charge in [0, 0.05) is 26.7 Å². The van der Waals surface area contributed by atoms with Gasteiger partial charge in [-0.25, -0.2) is 0 Å². The van der Waals surface area contributed by atoms with Gasteiger partial charge in [-0.3, -0.25) is 0 Å². The van der Waals surface area contributed by atoms with Crippen molar-refractivity contribution < 1.29 is 0 Å². The van der Waals surface area contributed by atoms with Crippen molar-refractivity contribution in [3.05, 3.63) is 55.7 Å². The van der Waals surface area contributed by atoms with Gasteiger partial charge < -0.3 is 5.73 Å². The highest BCUT2D eigenvalue weighted by Crippen LogP contribution is 2.29. The molecule has 0 aliphatic heterocycles. The van der Waals surface area contributed by atoms with E-state index in [1.54, 1.807) is 0 Å². The van der Waals surface area contributed by atoms with Gasteiger partial charge in [0.1, 0.15) is 0 Å². The summed E-state index contributed by atoms with van der Waals surface area (Å²) >= 11 is 5.51. The standard InChI is InChI=1S/C15H18BrNS/c1-3-11-7-8-12(18-11)9-14(17)13-6-4-5-10(2)15(13)16/h4-8,14H,3,9,17H2,1-2H3. The second-order valence-electron chi connectivity index (χ2n) is 4.51. The SMILES string of the molecule is CCc1ccc(CC(N)c2cccc(C)c2Br)s1. The lowest BCUT2D eigenvalue weighted by atomic mass is 10.0. The molecule has 2 rings (SSSR count). The normalized spacial score (nSPS) is 12.7. The molecule has 0 fully saturated rings. The van der Waals surface area contributed by atoms with Crippen molar-refractivity contribution >= 4 is 27.3 Å². The van der Waals surface area contributed by atoms with Gasteiger partial charge in [0.2, 0.25) is 0 Å². The average Bonchev–Trinajstić information content (AvgIpc) is 2.80. The van der Waals surface area contributed by atoms with E-state index in [2.05, 4.69) is 60.1 Å². The molecule has 18 heavy (non-hydrogen) atoms. The monoisotopic (exact) mass is 323 g/mol. The highest BCUT2D eigenvalue weighted by atomic mass is 79.9. The van der Waals surface area contributed by atoms with Crippen LogP contribution in [0.25, 0.3) is 0 Å². The summed E-state index contributed by atoms with van der Waals surface area (Å²) in [5.74, 6) is 0. The summed E-state index contributed by atoms with van der Waals surface area (Å²) in [7, 11) is 0. The van der Waals surface area contributed by atoms with E-state index in [1.165, 1.54) is 20.9 Å². The Morgan fingerprint density at radius 3 is 2.61 bits per heavy atom. The molecule has 2 aromatic rings. The Morgan fingerprint density at radius 1 is 1.22 bits per heavy atom. The number of rotatable bonds is 4. The van der Waals surface area contributed by atoms with Crippen LogP contribution in [0.15, 0.2) is 34.8 Å². The van der Waals surface area contributed by atoms with E-state index in [4.69, 9.17) is 5.73 Å². The fraction of sp³-hybridized carbons (Fsp3) is 0.333. The number of nitrogens with two attached hydrogens (primary N) is 1. The average molecular weight is 324 g/mol. The minimum Gasteiger partial charge on any atom is -0.324 e. The van der Waals surface area contributed by atoms with Gasteiger partial charge >= 0.3 is 0 Å². The molecular weight excluding hydrogens is 306 g/mol. The Hall–Kier alpha value is -0.640. The van der Waals surface area contributed by atoms with E-state index in [0.29, 0.717) is 0 Å². The molecule has 1 aromatic carbocycles. The maximum Gasteiger partial charge on any atom is 0.0355 e. The van der Waals surface area contributed by atoms with Crippen molar-refractivity contribution in [2.45, 2.75) is 32.7 Å². The number of hydrogen-bond acceptors (Lipinski definition) is 2. The minimum absolute atomic E-state index is 0.0580. The topological polar surface area (TPSA) is 26.0 Å². The van der Waals surface area contributed by atoms with Crippen LogP contribution in [-0.2, 0) is 12.8 Å². The molecule has 0 aliphatic rings. The van der Waals surface area contributed by atoms with Crippen LogP contribution in [0.5, 0.6) is 0 Å². The highest BCUT2D eigenvalue weighted by Gasteiger charge is 2.12. The zero-order chi connectivity index (χ0) is 13.1. The fourth-order valence-corrected chi connectivity index (χ4v) is 3.58. The van der Waals surface area contributed by atoms with Crippen LogP contribution in [0.4, 0.5) is 0 Å². The predicted molar refractivity (Wildman–Crippen MR) is 83.2 cm³/mol. The molecule has 1 unspecified atom stereocenters. The summed E-state index contributed by atoms with van der Waals surface area (Å²) in [4.78, 5) is 2.80. The van der Waals surface area contributed by atoms with Crippen LogP contribution in [0.3, 0.4) is 0 Å². The van der Waals surface area contributed by atoms with Crippen molar-refractivity contribution in [2.75, 3.05) is 0 Å². The Bertz CT molecular complexity index is 533. The Morgan fingerprint density at radius 2 is 1.94 bits per heavy atom. The Labute approximate surface area is 121 Å². The van der Waals surface area contributed by atoms with Gasteiger partial charge in [0.25, 0.3) is 0 Å². The molecule has 96 valence electrons. The molecule has 0 saturated heterocycles. The van der Waals surface area contributed by atoms with E-state index >= 15 is 0 Å². The van der Waals surface area contributed by atoms with Gasteiger partial charge in [0.05, 0.1) is 0 Å². The number of benzene rings is 1. The van der Waals surface area contributed by atoms with E-state index in [1.807, 2.05) is 11.3 Å². The molecular formula is C15H18BrNS. The van der Waals surface area contributed by atoms with Crippen LogP contribution in [-0.4, -0.2) is 0 Å². The van der Waals surface area contributed by atoms with Gasteiger partial charge in [-0.1, -0.05) is 41.1 Å². The number of hydrogen-bond donors (Lipinski definition) is 1. The molecule has 1 heterocycles. The first-order valence-electron chi connectivity index (χ1n) is 6.20. The first-order valence-corrected chi connectivity index (χ1v) is 7.81. The van der Waals surface area contributed by atoms with Crippen LogP contribution in [0, 0.1) is 6.92 Å². The largest absolute Gasteiger partial charge is 0.324 e. The van der Waals surface area contributed by atoms with Crippen molar-refractivity contribution in [3.8, 4) is 0 Å². The predicted octanol–water partition coefficient (Wildman–Crippen LogP) is 4.62. The molecule has 3 heteroatoms. The highest BCUT2D eigenvalue weighted by molar-refractivity contribution is 9.10. The summed E-state index contributed by atoms with van der Waals surface area (Å²) in [6, 6.07) is 10.7. The second-order valence-corrected chi connectivity index (χ2v) is 6.56. The third-order valence-corrected chi connectivity index (χ3v) is 5.44. The summed E-state index contributed by atoms with van der Waals surface area (Å²) in [6.45, 7) is 4.29. The third kappa shape index (κ3) is 3.02. The van der Waals surface area contributed by atoms with Crippen molar-refractivity contribution in [2.24, 2.45) is 5.73 Å². The van der Waals surface area contributed by atoms with Crippen LogP contribution >= 0.6 is 27.3 Å². The third-order valence-electron chi connectivity index (χ3n) is 3.11. The molecule has 0 radical (unpaired) electrons. The van der Waals surface area contributed by atoms with Crippen LogP contribution in [0.1, 0.15) is 33.8 Å². The number of halogens is 1. The quantitative estimate of drug-likeness (QED) is 0.872. The zero-order valence-electron chi connectivity index (χ0n) is 10.7. The zero-order valence-corrected chi connectivity index (χ0v) is 13.1. The number of thiophene rings is 1. The lowest BCUT2D eigenvalue weighted by Crippen LogP contribution is -2.13. The molecule has 0 aliphatic carbocycles. The molecule has 0 saturated carbocycles. The molecule has 0 amide bonds. The molecule has 2 N–H and O–H groups in total. The van der Waals surface area contributed by atoms with Crippen LogP contribution < -0.4 is 5.73 Å². The summed E-state index contributed by atoms with van der Waals surface area (Å²) in [6.07, 6.45) is 2.01. The van der Waals surface area contributed by atoms with Gasteiger partial charge in [-0.15, -0.1) is 11.3 Å². The Kier molecular flexibility index (Phi) is 4.60. The minimum atomic E-state index is 0.0580. The lowest BCUT2D eigenvalue weighted by molar-refractivity contribution is 0.725. The summed E-state index contributed by atoms with van der Waals surface area (Å²) in [5, 5.41) is 0.